The number of nitrogens with one attached hydrogen (secondary N) is 1. The molecule has 0 atom stereocenters. The number of H-pyrrole nitrogens is 1. The maximum Gasteiger partial charge on any atom is 0.226 e. The van der Waals surface area contributed by atoms with E-state index in [-0.39, 0.29) is 10.9 Å². The van der Waals surface area contributed by atoms with Gasteiger partial charge >= 0.3 is 0 Å². The lowest BCUT2D eigenvalue weighted by atomic mass is 10.3. The van der Waals surface area contributed by atoms with Gasteiger partial charge in [0, 0.05) is 16.4 Å². The van der Waals surface area contributed by atoms with Crippen LogP contribution >= 0.6 is 15.9 Å². The Morgan fingerprint density at radius 2 is 2.05 bits per heavy atom. The SMILES string of the molecule is Nc1ccc2nc(S(=O)(=O)Cc3ccc(Br)cn3)[nH]c2c1. The molecule has 6 nitrogen and oxygen atoms in total. The van der Waals surface area contributed by atoms with Crippen molar-refractivity contribution >= 4 is 42.5 Å². The summed E-state index contributed by atoms with van der Waals surface area (Å²) in [7, 11) is -3.59. The van der Waals surface area contributed by atoms with Crippen molar-refractivity contribution in [3.63, 3.8) is 0 Å². The monoisotopic (exact) mass is 366 g/mol. The Kier molecular flexibility index (Phi) is 3.42. The molecule has 2 heterocycles. The number of aromatic amines is 1. The topological polar surface area (TPSA) is 102 Å². The number of hydrogen-bond acceptors (Lipinski definition) is 5. The van der Waals surface area contributed by atoms with Gasteiger partial charge in [-0.1, -0.05) is 0 Å². The molecule has 0 unspecified atom stereocenters. The van der Waals surface area contributed by atoms with Gasteiger partial charge in [0.05, 0.1) is 16.7 Å². The summed E-state index contributed by atoms with van der Waals surface area (Å²) in [6.45, 7) is 0. The van der Waals surface area contributed by atoms with E-state index in [1.165, 1.54) is 0 Å². The van der Waals surface area contributed by atoms with Gasteiger partial charge in [-0.05, 0) is 46.3 Å². The van der Waals surface area contributed by atoms with Crippen LogP contribution in [0.4, 0.5) is 5.69 Å². The van der Waals surface area contributed by atoms with Gasteiger partial charge in [-0.15, -0.1) is 0 Å². The van der Waals surface area contributed by atoms with Crippen molar-refractivity contribution in [3.05, 3.63) is 46.7 Å². The van der Waals surface area contributed by atoms with Crippen molar-refractivity contribution in [2.45, 2.75) is 10.9 Å². The zero-order valence-corrected chi connectivity index (χ0v) is 13.1. The van der Waals surface area contributed by atoms with Crippen LogP contribution in [-0.4, -0.2) is 23.4 Å². The highest BCUT2D eigenvalue weighted by Crippen LogP contribution is 2.20. The third kappa shape index (κ3) is 2.91. The molecule has 0 spiro atoms. The normalized spacial score (nSPS) is 11.9. The fourth-order valence-electron chi connectivity index (χ4n) is 1.91. The quantitative estimate of drug-likeness (QED) is 0.692. The van der Waals surface area contributed by atoms with Crippen molar-refractivity contribution < 1.29 is 8.42 Å². The molecule has 0 aliphatic heterocycles. The Morgan fingerprint density at radius 3 is 2.76 bits per heavy atom. The predicted octanol–water partition coefficient (Wildman–Crippen LogP) is 2.28. The molecule has 21 heavy (non-hydrogen) atoms. The lowest BCUT2D eigenvalue weighted by Crippen LogP contribution is -2.08. The minimum atomic E-state index is -3.59. The Morgan fingerprint density at radius 1 is 1.24 bits per heavy atom. The number of pyridine rings is 1. The highest BCUT2D eigenvalue weighted by Gasteiger charge is 2.20. The summed E-state index contributed by atoms with van der Waals surface area (Å²) >= 11 is 3.26. The molecular formula is C13H11BrN4O2S. The van der Waals surface area contributed by atoms with Crippen LogP contribution in [0.2, 0.25) is 0 Å². The number of benzene rings is 1. The van der Waals surface area contributed by atoms with Gasteiger partial charge in [0.2, 0.25) is 15.0 Å². The minimum absolute atomic E-state index is 0.0761. The second kappa shape index (κ2) is 5.12. The lowest BCUT2D eigenvalue weighted by Gasteiger charge is -2.00. The van der Waals surface area contributed by atoms with E-state index >= 15 is 0 Å². The summed E-state index contributed by atoms with van der Waals surface area (Å²) in [5, 5.41) is -0.0761. The second-order valence-corrected chi connectivity index (χ2v) is 7.37. The van der Waals surface area contributed by atoms with Crippen LogP contribution < -0.4 is 5.73 Å². The number of fused-ring (bicyclic) bond motifs is 1. The maximum absolute atomic E-state index is 12.4. The first kappa shape index (κ1) is 14.0. The Hall–Kier alpha value is -1.93. The molecule has 3 N–H and O–H groups in total. The van der Waals surface area contributed by atoms with Gasteiger partial charge in [0.1, 0.15) is 5.75 Å². The van der Waals surface area contributed by atoms with Crippen LogP contribution in [0, 0.1) is 0 Å². The van der Waals surface area contributed by atoms with E-state index in [0.29, 0.717) is 22.4 Å². The fraction of sp³-hybridized carbons (Fsp3) is 0.0769. The van der Waals surface area contributed by atoms with Crippen LogP contribution in [0.5, 0.6) is 0 Å². The highest BCUT2D eigenvalue weighted by atomic mass is 79.9. The number of nitrogens with two attached hydrogens (primary N) is 1. The molecule has 0 fully saturated rings. The smallest absolute Gasteiger partial charge is 0.226 e. The number of imidazole rings is 1. The first-order valence-electron chi connectivity index (χ1n) is 6.02. The average molecular weight is 367 g/mol. The van der Waals surface area contributed by atoms with Crippen molar-refractivity contribution in [2.24, 2.45) is 0 Å². The van der Waals surface area contributed by atoms with Crippen molar-refractivity contribution in [3.8, 4) is 0 Å². The van der Waals surface area contributed by atoms with Gasteiger partial charge in [-0.2, -0.15) is 0 Å². The molecule has 108 valence electrons. The maximum atomic E-state index is 12.4. The minimum Gasteiger partial charge on any atom is -0.399 e. The number of halogens is 1. The van der Waals surface area contributed by atoms with E-state index in [2.05, 4.69) is 30.9 Å². The molecule has 0 bridgehead atoms. The molecule has 2 aromatic heterocycles. The molecule has 0 amide bonds. The predicted molar refractivity (Wildman–Crippen MR) is 83.3 cm³/mol. The summed E-state index contributed by atoms with van der Waals surface area (Å²) in [4.78, 5) is 11.0. The second-order valence-electron chi connectivity index (χ2n) is 4.55. The molecule has 0 saturated heterocycles. The Bertz CT molecular complexity index is 904. The molecule has 0 saturated carbocycles. The number of sulfone groups is 1. The highest BCUT2D eigenvalue weighted by molar-refractivity contribution is 9.10. The van der Waals surface area contributed by atoms with Crippen LogP contribution in [0.3, 0.4) is 0 Å². The van der Waals surface area contributed by atoms with Crippen LogP contribution in [0.15, 0.2) is 46.2 Å². The summed E-state index contributed by atoms with van der Waals surface area (Å²) in [6, 6.07) is 8.41. The van der Waals surface area contributed by atoms with E-state index in [9.17, 15) is 8.42 Å². The standard InChI is InChI=1S/C13H11BrN4O2S/c14-8-1-3-10(16-6-8)7-21(19,20)13-17-11-4-2-9(15)5-12(11)18-13/h1-6H,7,15H2,(H,17,18). The number of rotatable bonds is 3. The first-order valence-corrected chi connectivity index (χ1v) is 8.47. The Labute approximate surface area is 129 Å². The number of aromatic nitrogens is 3. The third-order valence-electron chi connectivity index (χ3n) is 2.91. The van der Waals surface area contributed by atoms with Crippen LogP contribution in [-0.2, 0) is 15.6 Å². The van der Waals surface area contributed by atoms with Gasteiger partial charge in [-0.3, -0.25) is 4.98 Å². The molecule has 3 aromatic rings. The largest absolute Gasteiger partial charge is 0.399 e. The van der Waals surface area contributed by atoms with Gasteiger partial charge < -0.3 is 10.7 Å². The Balaban J connectivity index is 1.97. The molecule has 3 rings (SSSR count). The molecule has 0 aliphatic rings. The number of anilines is 1. The van der Waals surface area contributed by atoms with Crippen LogP contribution in [0.1, 0.15) is 5.69 Å². The molecule has 8 heteroatoms. The number of nitrogen functional groups attached to an aromatic ring is 1. The third-order valence-corrected chi connectivity index (χ3v) is 4.83. The van der Waals surface area contributed by atoms with E-state index in [4.69, 9.17) is 5.73 Å². The average Bonchev–Trinajstić information content (AvgIpc) is 2.85. The van der Waals surface area contributed by atoms with Crippen molar-refractivity contribution in [2.75, 3.05) is 5.73 Å². The molecule has 1 aromatic carbocycles. The first-order chi connectivity index (χ1) is 9.94. The summed E-state index contributed by atoms with van der Waals surface area (Å²) < 4.78 is 25.5. The van der Waals surface area contributed by atoms with E-state index in [1.807, 2.05) is 0 Å². The molecular weight excluding hydrogens is 356 g/mol. The summed E-state index contributed by atoms with van der Waals surface area (Å²) in [5.41, 5.74) is 7.83. The van der Waals surface area contributed by atoms with E-state index in [0.717, 1.165) is 4.47 Å². The number of nitrogens with zero attached hydrogens (tertiary/aromatic N) is 2. The zero-order chi connectivity index (χ0) is 15.0. The fourth-order valence-corrected chi connectivity index (χ4v) is 3.34. The van der Waals surface area contributed by atoms with Gasteiger partial charge in [0.25, 0.3) is 0 Å². The van der Waals surface area contributed by atoms with Crippen LogP contribution in [0.25, 0.3) is 11.0 Å². The van der Waals surface area contributed by atoms with Crippen molar-refractivity contribution in [1.82, 2.24) is 15.0 Å². The zero-order valence-electron chi connectivity index (χ0n) is 10.7. The number of hydrogen-bond donors (Lipinski definition) is 2. The molecule has 0 radical (unpaired) electrons. The summed E-state index contributed by atoms with van der Waals surface area (Å²) in [6.07, 6.45) is 1.56. The van der Waals surface area contributed by atoms with Gasteiger partial charge in [-0.25, -0.2) is 13.4 Å². The summed E-state index contributed by atoms with van der Waals surface area (Å²) in [5.74, 6) is -0.213. The lowest BCUT2D eigenvalue weighted by molar-refractivity contribution is 0.588. The van der Waals surface area contributed by atoms with E-state index < -0.39 is 9.84 Å². The van der Waals surface area contributed by atoms with E-state index in [1.54, 1.807) is 36.5 Å². The van der Waals surface area contributed by atoms with Crippen molar-refractivity contribution in [1.29, 1.82) is 0 Å². The van der Waals surface area contributed by atoms with Gasteiger partial charge in [0.15, 0.2) is 0 Å². The molecule has 0 aliphatic carbocycles.